The van der Waals surface area contributed by atoms with E-state index in [9.17, 15) is 17.8 Å². The first-order valence-corrected chi connectivity index (χ1v) is 6.58. The number of ether oxygens (including phenoxy) is 1. The number of rotatable bonds is 5. The molecule has 0 amide bonds. The van der Waals surface area contributed by atoms with Crippen LogP contribution in [-0.2, 0) is 24.4 Å². The summed E-state index contributed by atoms with van der Waals surface area (Å²) in [6.45, 7) is 4.33. The molecule has 0 radical (unpaired) electrons. The molecule has 0 aliphatic rings. The maximum atomic E-state index is 11.9. The van der Waals surface area contributed by atoms with E-state index >= 15 is 0 Å². The third kappa shape index (κ3) is 2.60. The molecular formula is C12H14O5S. The zero-order chi connectivity index (χ0) is 13.8. The first-order chi connectivity index (χ1) is 8.34. The first kappa shape index (κ1) is 14.4. The van der Waals surface area contributed by atoms with Gasteiger partial charge in [0.1, 0.15) is 6.61 Å². The van der Waals surface area contributed by atoms with Gasteiger partial charge in [0.25, 0.3) is 10.1 Å². The summed E-state index contributed by atoms with van der Waals surface area (Å²) in [7, 11) is -4.66. The highest BCUT2D eigenvalue weighted by Crippen LogP contribution is 2.30. The van der Waals surface area contributed by atoms with E-state index in [1.807, 2.05) is 0 Å². The van der Waals surface area contributed by atoms with Gasteiger partial charge in [-0.15, -0.1) is 0 Å². The summed E-state index contributed by atoms with van der Waals surface area (Å²) in [4.78, 5) is 11.9. The van der Waals surface area contributed by atoms with Crippen LogP contribution < -0.4 is 0 Å². The van der Waals surface area contributed by atoms with Crippen LogP contribution in [0.25, 0.3) is 0 Å². The minimum Gasteiger partial charge on any atom is -0.460 e. The standard InChI is InChI=1S/C12H14O5S/c1-3-9-17-11(13)12(2,18(14,15)16)10-7-5-4-6-8-10/h3-8H,1,9H2,2H3,(H,14,15,16). The quantitative estimate of drug-likeness (QED) is 0.498. The Morgan fingerprint density at radius 3 is 2.44 bits per heavy atom. The molecule has 1 aromatic carbocycles. The molecule has 0 spiro atoms. The Kier molecular flexibility index (Phi) is 4.26. The summed E-state index contributed by atoms with van der Waals surface area (Å²) in [5, 5.41) is 0. The third-order valence-electron chi connectivity index (χ3n) is 2.56. The zero-order valence-corrected chi connectivity index (χ0v) is 10.7. The van der Waals surface area contributed by atoms with Crippen molar-refractivity contribution in [3.8, 4) is 0 Å². The highest BCUT2D eigenvalue weighted by Gasteiger charge is 2.48. The predicted octanol–water partition coefficient (Wildman–Crippen LogP) is 1.52. The smallest absolute Gasteiger partial charge is 0.334 e. The van der Waals surface area contributed by atoms with Crippen molar-refractivity contribution >= 4 is 16.1 Å². The van der Waals surface area contributed by atoms with Crippen molar-refractivity contribution < 1.29 is 22.5 Å². The van der Waals surface area contributed by atoms with Gasteiger partial charge in [-0.05, 0) is 12.5 Å². The molecule has 98 valence electrons. The molecule has 6 heteroatoms. The number of carbonyl (C=O) groups excluding carboxylic acids is 1. The largest absolute Gasteiger partial charge is 0.460 e. The summed E-state index contributed by atoms with van der Waals surface area (Å²) in [6, 6.07) is 7.67. The molecule has 1 atom stereocenters. The minimum absolute atomic E-state index is 0.128. The van der Waals surface area contributed by atoms with Gasteiger partial charge in [0.2, 0.25) is 4.75 Å². The van der Waals surface area contributed by atoms with Gasteiger partial charge in [-0.1, -0.05) is 43.0 Å². The lowest BCUT2D eigenvalue weighted by molar-refractivity contribution is -0.145. The van der Waals surface area contributed by atoms with E-state index in [-0.39, 0.29) is 12.2 Å². The fraction of sp³-hybridized carbons (Fsp3) is 0.250. The van der Waals surface area contributed by atoms with Crippen LogP contribution in [0, 0.1) is 0 Å². The fourth-order valence-corrected chi connectivity index (χ4v) is 2.10. The maximum absolute atomic E-state index is 11.9. The predicted molar refractivity (Wildman–Crippen MR) is 66.5 cm³/mol. The summed E-state index contributed by atoms with van der Waals surface area (Å²) in [5.41, 5.74) is 0.140. The molecule has 1 N–H and O–H groups in total. The molecule has 0 aromatic heterocycles. The SMILES string of the molecule is C=CCOC(=O)C(C)(c1ccccc1)S(=O)(=O)O. The molecule has 0 saturated heterocycles. The molecule has 0 aliphatic heterocycles. The Morgan fingerprint density at radius 2 is 2.00 bits per heavy atom. The van der Waals surface area contributed by atoms with Crippen molar-refractivity contribution in [3.05, 3.63) is 48.6 Å². The molecule has 0 saturated carbocycles. The number of benzene rings is 1. The minimum atomic E-state index is -4.66. The number of hydrogen-bond acceptors (Lipinski definition) is 4. The van der Waals surface area contributed by atoms with Crippen LogP contribution in [0.4, 0.5) is 0 Å². The highest BCUT2D eigenvalue weighted by atomic mass is 32.2. The molecule has 0 bridgehead atoms. The average molecular weight is 270 g/mol. The topological polar surface area (TPSA) is 80.7 Å². The van der Waals surface area contributed by atoms with Crippen LogP contribution in [0.1, 0.15) is 12.5 Å². The van der Waals surface area contributed by atoms with Crippen molar-refractivity contribution in [2.24, 2.45) is 0 Å². The van der Waals surface area contributed by atoms with Gasteiger partial charge in [-0.25, -0.2) is 4.79 Å². The van der Waals surface area contributed by atoms with E-state index in [2.05, 4.69) is 6.58 Å². The van der Waals surface area contributed by atoms with Gasteiger partial charge in [-0.2, -0.15) is 8.42 Å². The number of esters is 1. The van der Waals surface area contributed by atoms with Crippen molar-refractivity contribution in [1.82, 2.24) is 0 Å². The Bertz CT molecular complexity index is 535. The molecule has 0 heterocycles. The van der Waals surface area contributed by atoms with Crippen molar-refractivity contribution in [1.29, 1.82) is 0 Å². The summed E-state index contributed by atoms with van der Waals surface area (Å²) in [5.74, 6) is -1.05. The Labute approximate surface area is 106 Å². The van der Waals surface area contributed by atoms with E-state index in [0.29, 0.717) is 0 Å². The van der Waals surface area contributed by atoms with Crippen molar-refractivity contribution in [3.63, 3.8) is 0 Å². The monoisotopic (exact) mass is 270 g/mol. The molecule has 18 heavy (non-hydrogen) atoms. The molecule has 1 aromatic rings. The number of carbonyl (C=O) groups is 1. The highest BCUT2D eigenvalue weighted by molar-refractivity contribution is 7.87. The second-order valence-corrected chi connectivity index (χ2v) is 5.53. The lowest BCUT2D eigenvalue weighted by Gasteiger charge is -2.24. The molecular weight excluding hydrogens is 256 g/mol. The van der Waals surface area contributed by atoms with Crippen LogP contribution in [0.2, 0.25) is 0 Å². The Balaban J connectivity index is 3.29. The van der Waals surface area contributed by atoms with Gasteiger partial charge in [0, 0.05) is 0 Å². The van der Waals surface area contributed by atoms with Crippen LogP contribution >= 0.6 is 0 Å². The molecule has 5 nitrogen and oxygen atoms in total. The van der Waals surface area contributed by atoms with Gasteiger partial charge < -0.3 is 4.74 Å². The van der Waals surface area contributed by atoms with E-state index in [1.165, 1.54) is 18.2 Å². The van der Waals surface area contributed by atoms with E-state index in [4.69, 9.17) is 4.74 Å². The second kappa shape index (κ2) is 5.32. The van der Waals surface area contributed by atoms with Gasteiger partial charge >= 0.3 is 5.97 Å². The molecule has 0 aliphatic carbocycles. The summed E-state index contributed by atoms with van der Waals surface area (Å²) < 4.78 is 34.9. The second-order valence-electron chi connectivity index (χ2n) is 3.76. The Morgan fingerprint density at radius 1 is 1.44 bits per heavy atom. The molecule has 1 unspecified atom stereocenters. The number of hydrogen-bond donors (Lipinski definition) is 1. The normalized spacial score (nSPS) is 14.6. The van der Waals surface area contributed by atoms with Gasteiger partial charge in [0.15, 0.2) is 0 Å². The van der Waals surface area contributed by atoms with E-state index in [1.54, 1.807) is 18.2 Å². The van der Waals surface area contributed by atoms with Crippen LogP contribution in [-0.4, -0.2) is 25.5 Å². The van der Waals surface area contributed by atoms with Crippen LogP contribution in [0.5, 0.6) is 0 Å². The van der Waals surface area contributed by atoms with E-state index in [0.717, 1.165) is 6.92 Å². The van der Waals surface area contributed by atoms with Crippen LogP contribution in [0.15, 0.2) is 43.0 Å². The summed E-state index contributed by atoms with van der Waals surface area (Å²) in [6.07, 6.45) is 1.31. The van der Waals surface area contributed by atoms with Crippen molar-refractivity contribution in [2.45, 2.75) is 11.7 Å². The lowest BCUT2D eigenvalue weighted by atomic mass is 10.0. The molecule has 0 fully saturated rings. The van der Waals surface area contributed by atoms with Crippen molar-refractivity contribution in [2.75, 3.05) is 6.61 Å². The van der Waals surface area contributed by atoms with Gasteiger partial charge in [-0.3, -0.25) is 4.55 Å². The molecule has 1 rings (SSSR count). The lowest BCUT2D eigenvalue weighted by Crippen LogP contribution is -2.42. The maximum Gasteiger partial charge on any atom is 0.334 e. The average Bonchev–Trinajstić information content (AvgIpc) is 2.34. The van der Waals surface area contributed by atoms with Gasteiger partial charge in [0.05, 0.1) is 0 Å². The van der Waals surface area contributed by atoms with E-state index < -0.39 is 20.8 Å². The summed E-state index contributed by atoms with van der Waals surface area (Å²) >= 11 is 0. The van der Waals surface area contributed by atoms with Crippen LogP contribution in [0.3, 0.4) is 0 Å². The fourth-order valence-electron chi connectivity index (χ4n) is 1.40. The third-order valence-corrected chi connectivity index (χ3v) is 4.00. The zero-order valence-electron chi connectivity index (χ0n) is 9.87. The first-order valence-electron chi connectivity index (χ1n) is 5.14. The Hall–Kier alpha value is -1.66.